The summed E-state index contributed by atoms with van der Waals surface area (Å²) in [5.74, 6) is 0.362. The van der Waals surface area contributed by atoms with Gasteiger partial charge in [-0.15, -0.1) is 0 Å². The predicted molar refractivity (Wildman–Crippen MR) is 101 cm³/mol. The molecule has 0 spiro atoms. The summed E-state index contributed by atoms with van der Waals surface area (Å²) < 4.78 is 32.2. The molecule has 140 valence electrons. The number of hydrogen-bond acceptors (Lipinski definition) is 4. The molecule has 0 saturated heterocycles. The van der Waals surface area contributed by atoms with Crippen LogP contribution in [0.1, 0.15) is 16.7 Å². The van der Waals surface area contributed by atoms with Crippen LogP contribution in [0, 0.1) is 20.8 Å². The first kappa shape index (κ1) is 19.9. The first-order valence-electron chi connectivity index (χ1n) is 8.31. The minimum atomic E-state index is -3.57. The number of sulfonamides is 1. The highest BCUT2D eigenvalue weighted by Crippen LogP contribution is 2.18. The van der Waals surface area contributed by atoms with Crippen molar-refractivity contribution in [2.45, 2.75) is 25.7 Å². The molecule has 0 unspecified atom stereocenters. The third kappa shape index (κ3) is 5.86. The van der Waals surface area contributed by atoms with Gasteiger partial charge in [0.05, 0.1) is 4.90 Å². The van der Waals surface area contributed by atoms with E-state index >= 15 is 0 Å². The molecule has 2 rings (SSSR count). The maximum atomic E-state index is 12.1. The zero-order valence-electron chi connectivity index (χ0n) is 15.2. The number of amides is 1. The summed E-state index contributed by atoms with van der Waals surface area (Å²) in [4.78, 5) is 12.0. The van der Waals surface area contributed by atoms with E-state index in [-0.39, 0.29) is 30.5 Å². The summed E-state index contributed by atoms with van der Waals surface area (Å²) in [6.45, 7) is 5.92. The highest BCUT2D eigenvalue weighted by Gasteiger charge is 2.13. The lowest BCUT2D eigenvalue weighted by Crippen LogP contribution is -2.36. The van der Waals surface area contributed by atoms with Gasteiger partial charge in [0.25, 0.3) is 5.91 Å². The molecule has 0 heterocycles. The molecule has 7 heteroatoms. The zero-order valence-corrected chi connectivity index (χ0v) is 16.0. The summed E-state index contributed by atoms with van der Waals surface area (Å²) in [6.07, 6.45) is 0. The second kappa shape index (κ2) is 8.82. The number of rotatable bonds is 8. The molecule has 0 radical (unpaired) electrons. The van der Waals surface area contributed by atoms with Crippen molar-refractivity contribution in [2.24, 2.45) is 0 Å². The maximum Gasteiger partial charge on any atom is 0.257 e. The van der Waals surface area contributed by atoms with Crippen molar-refractivity contribution in [3.05, 3.63) is 59.2 Å². The molecule has 0 bridgehead atoms. The van der Waals surface area contributed by atoms with Crippen molar-refractivity contribution in [2.75, 3.05) is 19.7 Å². The fourth-order valence-corrected chi connectivity index (χ4v) is 3.28. The zero-order chi connectivity index (χ0) is 19.2. The third-order valence-electron chi connectivity index (χ3n) is 3.77. The van der Waals surface area contributed by atoms with E-state index in [1.807, 2.05) is 39.0 Å². The molecule has 0 aliphatic heterocycles. The van der Waals surface area contributed by atoms with Gasteiger partial charge in [-0.3, -0.25) is 4.79 Å². The van der Waals surface area contributed by atoms with Gasteiger partial charge in [-0.25, -0.2) is 13.1 Å². The van der Waals surface area contributed by atoms with Crippen LogP contribution in [0.25, 0.3) is 0 Å². The fraction of sp³-hybridized carbons (Fsp3) is 0.316. The minimum Gasteiger partial charge on any atom is -0.483 e. The Morgan fingerprint density at radius 3 is 2.31 bits per heavy atom. The Labute approximate surface area is 154 Å². The molecule has 1 amide bonds. The molecule has 0 atom stereocenters. The molecular weight excluding hydrogens is 352 g/mol. The Morgan fingerprint density at radius 2 is 1.62 bits per heavy atom. The highest BCUT2D eigenvalue weighted by molar-refractivity contribution is 7.89. The van der Waals surface area contributed by atoms with Crippen LogP contribution in [0.4, 0.5) is 0 Å². The maximum absolute atomic E-state index is 12.1. The van der Waals surface area contributed by atoms with E-state index in [0.29, 0.717) is 5.75 Å². The standard InChI is InChI=1S/C19H24N2O4S/c1-14-5-8-17(9-6-14)26(23,24)21-11-10-20-19(22)13-25-18-12-15(2)4-7-16(18)3/h4-9,12,21H,10-11,13H2,1-3H3,(H,20,22). The lowest BCUT2D eigenvalue weighted by Gasteiger charge is -2.11. The topological polar surface area (TPSA) is 84.5 Å². The molecule has 0 aromatic heterocycles. The normalized spacial score (nSPS) is 11.2. The Morgan fingerprint density at radius 1 is 0.962 bits per heavy atom. The van der Waals surface area contributed by atoms with Gasteiger partial charge in [0.1, 0.15) is 5.75 Å². The van der Waals surface area contributed by atoms with Gasteiger partial charge in [-0.05, 0) is 50.1 Å². The number of aryl methyl sites for hydroxylation is 3. The number of nitrogens with one attached hydrogen (secondary N) is 2. The van der Waals surface area contributed by atoms with Crippen LogP contribution in [0.15, 0.2) is 47.4 Å². The second-order valence-corrected chi connectivity index (χ2v) is 7.89. The molecule has 0 saturated carbocycles. The Hall–Kier alpha value is -2.38. The number of carbonyl (C=O) groups excluding carboxylic acids is 1. The molecule has 2 N–H and O–H groups in total. The third-order valence-corrected chi connectivity index (χ3v) is 5.25. The van der Waals surface area contributed by atoms with Crippen LogP contribution in [-0.4, -0.2) is 34.0 Å². The number of carbonyl (C=O) groups is 1. The van der Waals surface area contributed by atoms with E-state index in [0.717, 1.165) is 16.7 Å². The Bertz CT molecular complexity index is 862. The summed E-state index contributed by atoms with van der Waals surface area (Å²) >= 11 is 0. The summed E-state index contributed by atoms with van der Waals surface area (Å²) in [5, 5.41) is 2.63. The number of hydrogen-bond donors (Lipinski definition) is 2. The average molecular weight is 376 g/mol. The highest BCUT2D eigenvalue weighted by atomic mass is 32.2. The van der Waals surface area contributed by atoms with E-state index in [1.54, 1.807) is 24.3 Å². The van der Waals surface area contributed by atoms with E-state index in [4.69, 9.17) is 4.74 Å². The smallest absolute Gasteiger partial charge is 0.257 e. The van der Waals surface area contributed by atoms with Gasteiger partial charge >= 0.3 is 0 Å². The van der Waals surface area contributed by atoms with Crippen molar-refractivity contribution in [1.82, 2.24) is 10.0 Å². The largest absolute Gasteiger partial charge is 0.483 e. The second-order valence-electron chi connectivity index (χ2n) is 6.12. The molecule has 6 nitrogen and oxygen atoms in total. The molecule has 0 fully saturated rings. The first-order valence-corrected chi connectivity index (χ1v) is 9.79. The van der Waals surface area contributed by atoms with Gasteiger partial charge < -0.3 is 10.1 Å². The Balaban J connectivity index is 1.74. The quantitative estimate of drug-likeness (QED) is 0.691. The fourth-order valence-electron chi connectivity index (χ4n) is 2.25. The number of ether oxygens (including phenoxy) is 1. The molecule has 0 aliphatic carbocycles. The van der Waals surface area contributed by atoms with Crippen LogP contribution in [-0.2, 0) is 14.8 Å². The van der Waals surface area contributed by atoms with Crippen molar-refractivity contribution >= 4 is 15.9 Å². The lowest BCUT2D eigenvalue weighted by atomic mass is 10.1. The van der Waals surface area contributed by atoms with Crippen molar-refractivity contribution in [3.8, 4) is 5.75 Å². The minimum absolute atomic E-state index is 0.103. The van der Waals surface area contributed by atoms with E-state index in [2.05, 4.69) is 10.0 Å². The first-order chi connectivity index (χ1) is 12.3. The van der Waals surface area contributed by atoms with Gasteiger partial charge in [0, 0.05) is 13.1 Å². The SMILES string of the molecule is Cc1ccc(S(=O)(=O)NCCNC(=O)COc2cc(C)ccc2C)cc1. The van der Waals surface area contributed by atoms with Crippen LogP contribution in [0.2, 0.25) is 0 Å². The molecular formula is C19H24N2O4S. The molecule has 2 aromatic carbocycles. The monoisotopic (exact) mass is 376 g/mol. The summed E-state index contributed by atoms with van der Waals surface area (Å²) in [5.41, 5.74) is 2.99. The van der Waals surface area contributed by atoms with Crippen LogP contribution < -0.4 is 14.8 Å². The van der Waals surface area contributed by atoms with Crippen molar-refractivity contribution in [3.63, 3.8) is 0 Å². The average Bonchev–Trinajstić information content (AvgIpc) is 2.60. The van der Waals surface area contributed by atoms with Crippen LogP contribution in [0.3, 0.4) is 0 Å². The molecule has 0 aliphatic rings. The van der Waals surface area contributed by atoms with Gasteiger partial charge in [0.2, 0.25) is 10.0 Å². The Kier molecular flexibility index (Phi) is 6.76. The van der Waals surface area contributed by atoms with E-state index in [1.165, 1.54) is 0 Å². The summed E-state index contributed by atoms with van der Waals surface area (Å²) in [7, 11) is -3.57. The summed E-state index contributed by atoms with van der Waals surface area (Å²) in [6, 6.07) is 12.4. The number of benzene rings is 2. The molecule has 2 aromatic rings. The molecule has 26 heavy (non-hydrogen) atoms. The van der Waals surface area contributed by atoms with Crippen molar-refractivity contribution < 1.29 is 17.9 Å². The lowest BCUT2D eigenvalue weighted by molar-refractivity contribution is -0.123. The van der Waals surface area contributed by atoms with E-state index in [9.17, 15) is 13.2 Å². The van der Waals surface area contributed by atoms with Crippen LogP contribution >= 0.6 is 0 Å². The van der Waals surface area contributed by atoms with E-state index < -0.39 is 10.0 Å². The predicted octanol–water partition coefficient (Wildman–Crippen LogP) is 2.09. The van der Waals surface area contributed by atoms with Gasteiger partial charge in [-0.2, -0.15) is 0 Å². The van der Waals surface area contributed by atoms with Gasteiger partial charge in [0.15, 0.2) is 6.61 Å². The van der Waals surface area contributed by atoms with Gasteiger partial charge in [-0.1, -0.05) is 29.8 Å². The van der Waals surface area contributed by atoms with Crippen molar-refractivity contribution in [1.29, 1.82) is 0 Å². The van der Waals surface area contributed by atoms with Crippen LogP contribution in [0.5, 0.6) is 5.75 Å².